The molecule has 20 heavy (non-hydrogen) atoms. The van der Waals surface area contributed by atoms with Crippen molar-refractivity contribution in [1.82, 2.24) is 4.57 Å². The molecule has 0 spiro atoms. The van der Waals surface area contributed by atoms with E-state index in [4.69, 9.17) is 5.26 Å². The number of carbonyl (C=O) groups excluding carboxylic acids is 1. The lowest BCUT2D eigenvalue weighted by Crippen LogP contribution is -2.20. The lowest BCUT2D eigenvalue weighted by Gasteiger charge is -2.07. The van der Waals surface area contributed by atoms with Crippen molar-refractivity contribution in [1.29, 1.82) is 5.26 Å². The fourth-order valence-corrected chi connectivity index (χ4v) is 2.55. The molecule has 5 nitrogen and oxygen atoms in total. The van der Waals surface area contributed by atoms with E-state index in [0.29, 0.717) is 17.8 Å². The van der Waals surface area contributed by atoms with Crippen molar-refractivity contribution in [3.05, 3.63) is 50.6 Å². The van der Waals surface area contributed by atoms with Gasteiger partial charge in [0.2, 0.25) is 5.91 Å². The number of anilines is 1. The van der Waals surface area contributed by atoms with Gasteiger partial charge < -0.3 is 9.88 Å². The number of amides is 1. The van der Waals surface area contributed by atoms with Gasteiger partial charge in [-0.2, -0.15) is 5.26 Å². The fraction of sp³-hybridized carbons (Fsp3) is 0.214. The standard InChI is InChI=1S/C14H13N3O2S/c1-10-9-20-14(19)17(10)7-6-13(18)16-12-5-3-2-4-11(12)8-15/h2-5,9H,6-7H2,1H3,(H,16,18). The summed E-state index contributed by atoms with van der Waals surface area (Å²) in [6, 6.07) is 8.83. The Morgan fingerprint density at radius 2 is 2.20 bits per heavy atom. The molecule has 1 aromatic heterocycles. The van der Waals surface area contributed by atoms with Gasteiger partial charge in [0.05, 0.1) is 11.3 Å². The SMILES string of the molecule is Cc1csc(=O)n1CCC(=O)Nc1ccccc1C#N. The molecule has 0 fully saturated rings. The van der Waals surface area contributed by atoms with Crippen molar-refractivity contribution < 1.29 is 4.79 Å². The molecule has 2 aromatic rings. The number of thiazole rings is 1. The third kappa shape index (κ3) is 3.13. The monoisotopic (exact) mass is 287 g/mol. The number of para-hydroxylation sites is 1. The second-order valence-electron chi connectivity index (χ2n) is 4.25. The molecular weight excluding hydrogens is 274 g/mol. The van der Waals surface area contributed by atoms with E-state index in [1.807, 2.05) is 13.0 Å². The van der Waals surface area contributed by atoms with E-state index in [0.717, 1.165) is 17.0 Å². The van der Waals surface area contributed by atoms with Crippen LogP contribution < -0.4 is 10.2 Å². The smallest absolute Gasteiger partial charge is 0.307 e. The van der Waals surface area contributed by atoms with Gasteiger partial charge in [-0.25, -0.2) is 0 Å². The van der Waals surface area contributed by atoms with Crippen molar-refractivity contribution in [2.24, 2.45) is 0 Å². The molecule has 1 aromatic carbocycles. The number of hydrogen-bond donors (Lipinski definition) is 1. The largest absolute Gasteiger partial charge is 0.325 e. The number of aryl methyl sites for hydroxylation is 1. The van der Waals surface area contributed by atoms with Gasteiger partial charge in [0.25, 0.3) is 0 Å². The normalized spacial score (nSPS) is 10.0. The summed E-state index contributed by atoms with van der Waals surface area (Å²) >= 11 is 1.13. The Morgan fingerprint density at radius 3 is 2.85 bits per heavy atom. The first-order valence-corrected chi connectivity index (χ1v) is 6.93. The van der Waals surface area contributed by atoms with Crippen molar-refractivity contribution in [3.8, 4) is 6.07 Å². The second-order valence-corrected chi connectivity index (χ2v) is 5.07. The number of nitrogens with one attached hydrogen (secondary N) is 1. The van der Waals surface area contributed by atoms with E-state index in [1.54, 1.807) is 34.2 Å². The third-order valence-corrected chi connectivity index (χ3v) is 3.74. The van der Waals surface area contributed by atoms with Crippen LogP contribution in [0, 0.1) is 18.3 Å². The molecule has 0 aliphatic heterocycles. The van der Waals surface area contributed by atoms with E-state index in [-0.39, 0.29) is 17.2 Å². The Balaban J connectivity index is 2.00. The quantitative estimate of drug-likeness (QED) is 0.936. The van der Waals surface area contributed by atoms with Gasteiger partial charge in [-0.15, -0.1) is 0 Å². The van der Waals surface area contributed by atoms with Gasteiger partial charge in [-0.1, -0.05) is 23.5 Å². The molecule has 0 radical (unpaired) electrons. The lowest BCUT2D eigenvalue weighted by atomic mass is 10.2. The number of hydrogen-bond acceptors (Lipinski definition) is 4. The Morgan fingerprint density at radius 1 is 1.45 bits per heavy atom. The summed E-state index contributed by atoms with van der Waals surface area (Å²) in [5.41, 5.74) is 1.77. The molecule has 102 valence electrons. The van der Waals surface area contributed by atoms with E-state index < -0.39 is 0 Å². The average molecular weight is 287 g/mol. The van der Waals surface area contributed by atoms with E-state index >= 15 is 0 Å². The van der Waals surface area contributed by atoms with Crippen LogP contribution in [0.2, 0.25) is 0 Å². The van der Waals surface area contributed by atoms with E-state index in [2.05, 4.69) is 5.32 Å². The molecule has 0 bridgehead atoms. The molecule has 0 saturated carbocycles. The summed E-state index contributed by atoms with van der Waals surface area (Å²) in [4.78, 5) is 23.3. The first-order valence-electron chi connectivity index (χ1n) is 6.05. The number of nitriles is 1. The van der Waals surface area contributed by atoms with Gasteiger partial charge in [0.15, 0.2) is 0 Å². The fourth-order valence-electron chi connectivity index (χ4n) is 1.79. The van der Waals surface area contributed by atoms with E-state index in [9.17, 15) is 9.59 Å². The van der Waals surface area contributed by atoms with Crippen LogP contribution in [0.1, 0.15) is 17.7 Å². The highest BCUT2D eigenvalue weighted by molar-refractivity contribution is 7.07. The Hall–Kier alpha value is -2.39. The average Bonchev–Trinajstić information content (AvgIpc) is 2.76. The highest BCUT2D eigenvalue weighted by Gasteiger charge is 2.08. The number of carbonyl (C=O) groups is 1. The van der Waals surface area contributed by atoms with E-state index in [1.165, 1.54) is 0 Å². The van der Waals surface area contributed by atoms with Crippen molar-refractivity contribution in [2.75, 3.05) is 5.32 Å². The minimum Gasteiger partial charge on any atom is -0.325 e. The molecule has 6 heteroatoms. The van der Waals surface area contributed by atoms with Crippen LogP contribution in [-0.4, -0.2) is 10.5 Å². The zero-order valence-corrected chi connectivity index (χ0v) is 11.7. The van der Waals surface area contributed by atoms with Gasteiger partial charge in [-0.05, 0) is 19.1 Å². The van der Waals surface area contributed by atoms with Gasteiger partial charge in [0, 0.05) is 24.0 Å². The highest BCUT2D eigenvalue weighted by Crippen LogP contribution is 2.13. The highest BCUT2D eigenvalue weighted by atomic mass is 32.1. The van der Waals surface area contributed by atoms with Gasteiger partial charge >= 0.3 is 4.87 Å². The predicted octanol–water partition coefficient (Wildman–Crippen LogP) is 2.12. The summed E-state index contributed by atoms with van der Waals surface area (Å²) in [6.07, 6.45) is 0.192. The number of rotatable bonds is 4. The van der Waals surface area contributed by atoms with Crippen LogP contribution in [0.25, 0.3) is 0 Å². The van der Waals surface area contributed by atoms with Gasteiger partial charge in [0.1, 0.15) is 6.07 Å². The van der Waals surface area contributed by atoms with Crippen molar-refractivity contribution >= 4 is 22.9 Å². The molecule has 1 amide bonds. The molecule has 0 atom stereocenters. The molecule has 1 heterocycles. The second kappa shape index (κ2) is 6.17. The summed E-state index contributed by atoms with van der Waals surface area (Å²) < 4.78 is 1.57. The zero-order valence-electron chi connectivity index (χ0n) is 10.9. The topological polar surface area (TPSA) is 74.9 Å². The molecule has 2 rings (SSSR count). The molecule has 0 aliphatic carbocycles. The summed E-state index contributed by atoms with van der Waals surface area (Å²) in [6.45, 7) is 2.18. The number of benzene rings is 1. The van der Waals surface area contributed by atoms with Crippen LogP contribution >= 0.6 is 11.3 Å². The first-order chi connectivity index (χ1) is 9.61. The van der Waals surface area contributed by atoms with Crippen molar-refractivity contribution in [3.63, 3.8) is 0 Å². The summed E-state index contributed by atoms with van der Waals surface area (Å²) in [7, 11) is 0. The Bertz CT molecular complexity index is 725. The minimum atomic E-state index is -0.217. The molecule has 0 saturated heterocycles. The minimum absolute atomic E-state index is 0.0623. The molecule has 0 unspecified atom stereocenters. The number of aromatic nitrogens is 1. The summed E-state index contributed by atoms with van der Waals surface area (Å²) in [5, 5.41) is 13.4. The molecule has 1 N–H and O–H groups in total. The first kappa shape index (κ1) is 14.0. The van der Waals surface area contributed by atoms with Crippen LogP contribution in [0.4, 0.5) is 5.69 Å². The third-order valence-electron chi connectivity index (χ3n) is 2.86. The Labute approximate surface area is 120 Å². The molecule has 0 aliphatic rings. The molecular formula is C14H13N3O2S. The summed E-state index contributed by atoms with van der Waals surface area (Å²) in [5.74, 6) is -0.217. The zero-order chi connectivity index (χ0) is 14.5. The van der Waals surface area contributed by atoms with Gasteiger partial charge in [-0.3, -0.25) is 9.59 Å². The number of nitrogens with zero attached hydrogens (tertiary/aromatic N) is 2. The van der Waals surface area contributed by atoms with Crippen LogP contribution in [-0.2, 0) is 11.3 Å². The van der Waals surface area contributed by atoms with Crippen LogP contribution in [0.15, 0.2) is 34.4 Å². The predicted molar refractivity (Wildman–Crippen MR) is 77.7 cm³/mol. The maximum atomic E-state index is 11.9. The van der Waals surface area contributed by atoms with Crippen molar-refractivity contribution in [2.45, 2.75) is 19.9 Å². The van der Waals surface area contributed by atoms with Crippen LogP contribution in [0.3, 0.4) is 0 Å². The maximum Gasteiger partial charge on any atom is 0.307 e. The Kier molecular flexibility index (Phi) is 4.33. The lowest BCUT2D eigenvalue weighted by molar-refractivity contribution is -0.116. The maximum absolute atomic E-state index is 11.9. The van der Waals surface area contributed by atoms with Crippen LogP contribution in [0.5, 0.6) is 0 Å².